The van der Waals surface area contributed by atoms with Crippen molar-refractivity contribution in [3.63, 3.8) is 0 Å². The maximum absolute atomic E-state index is 13.2. The van der Waals surface area contributed by atoms with Crippen LogP contribution in [0, 0.1) is 0 Å². The molecule has 12 nitrogen and oxygen atoms in total. The average molecular weight is 505 g/mol. The number of urea groups is 1. The monoisotopic (exact) mass is 504 g/mol. The number of β-lactam (4-membered cyclic amide) rings is 1. The summed E-state index contributed by atoms with van der Waals surface area (Å²) >= 11 is 1.36. The smallest absolute Gasteiger partial charge is 0.325 e. The molecule has 2 aliphatic rings. The molecule has 0 aromatic heterocycles. The van der Waals surface area contributed by atoms with E-state index < -0.39 is 41.2 Å². The Hall–Kier alpha value is -3.61. The van der Waals surface area contributed by atoms with Crippen LogP contribution in [0.4, 0.5) is 4.79 Å². The minimum Gasteiger partial charge on any atom is -0.356 e. The maximum Gasteiger partial charge on any atom is 0.325 e. The van der Waals surface area contributed by atoms with Crippen molar-refractivity contribution in [2.45, 2.75) is 31.3 Å². The maximum atomic E-state index is 13.2. The SMILES string of the molecule is CCN1CCN(C(=O)NC(C(=O)N[C@@H]2C(=O)NC2SCCNC(C)=O)c2ccccc2)C(=O)C1=O. The molecule has 2 saturated heterocycles. The Balaban J connectivity index is 1.67. The van der Waals surface area contributed by atoms with Gasteiger partial charge in [-0.3, -0.25) is 28.9 Å². The molecule has 7 amide bonds. The summed E-state index contributed by atoms with van der Waals surface area (Å²) in [7, 11) is 0. The lowest BCUT2D eigenvalue weighted by atomic mass is 10.0. The molecule has 0 spiro atoms. The molecular formula is C22H28N6O6S. The molecule has 0 bridgehead atoms. The van der Waals surface area contributed by atoms with Gasteiger partial charge in [-0.15, -0.1) is 11.8 Å². The molecule has 0 saturated carbocycles. The number of thioether (sulfide) groups is 1. The van der Waals surface area contributed by atoms with Crippen molar-refractivity contribution in [1.82, 2.24) is 31.1 Å². The first-order valence-electron chi connectivity index (χ1n) is 11.2. The Labute approximate surface area is 206 Å². The van der Waals surface area contributed by atoms with Crippen LogP contribution < -0.4 is 21.3 Å². The van der Waals surface area contributed by atoms with E-state index in [0.29, 0.717) is 24.4 Å². The van der Waals surface area contributed by atoms with Crippen molar-refractivity contribution in [2.24, 2.45) is 0 Å². The van der Waals surface area contributed by atoms with E-state index in [-0.39, 0.29) is 24.9 Å². The van der Waals surface area contributed by atoms with Gasteiger partial charge in [-0.1, -0.05) is 30.3 Å². The number of nitrogens with one attached hydrogen (secondary N) is 4. The molecule has 2 fully saturated rings. The van der Waals surface area contributed by atoms with E-state index in [2.05, 4.69) is 21.3 Å². The second-order valence-electron chi connectivity index (χ2n) is 7.90. The number of rotatable bonds is 9. The van der Waals surface area contributed by atoms with Crippen molar-refractivity contribution in [2.75, 3.05) is 31.9 Å². The second-order valence-corrected chi connectivity index (χ2v) is 9.15. The highest BCUT2D eigenvalue weighted by Crippen LogP contribution is 2.21. The summed E-state index contributed by atoms with van der Waals surface area (Å²) < 4.78 is 0. The summed E-state index contributed by atoms with van der Waals surface area (Å²) in [5.74, 6) is -2.38. The van der Waals surface area contributed by atoms with Gasteiger partial charge in [0.05, 0.1) is 0 Å². The number of likely N-dealkylation sites (N-methyl/N-ethyl adjacent to an activating group) is 1. The van der Waals surface area contributed by atoms with Gasteiger partial charge < -0.3 is 26.2 Å². The molecule has 0 radical (unpaired) electrons. The third-order valence-corrected chi connectivity index (χ3v) is 6.73. The zero-order valence-electron chi connectivity index (χ0n) is 19.4. The first-order valence-corrected chi connectivity index (χ1v) is 12.2. The Bertz CT molecular complexity index is 1010. The first-order chi connectivity index (χ1) is 16.7. The quantitative estimate of drug-likeness (QED) is 0.190. The van der Waals surface area contributed by atoms with E-state index in [0.717, 1.165) is 4.90 Å². The molecule has 3 rings (SSSR count). The van der Waals surface area contributed by atoms with Gasteiger partial charge in [0.15, 0.2) is 0 Å². The average Bonchev–Trinajstić information content (AvgIpc) is 2.84. The highest BCUT2D eigenvalue weighted by molar-refractivity contribution is 8.00. The standard InChI is InChI=1S/C22H28N6O6S/c1-3-27-10-11-28(21(33)20(27)32)22(34)25-15(14-7-5-4-6-8-14)17(30)24-16-18(31)26-19(16)35-12-9-23-13(2)29/h4-8,15-16,19H,3,9-12H2,1-2H3,(H,23,29)(H,24,30)(H,25,34)(H,26,31)/t15?,16-,19?/m1/s1. The van der Waals surface area contributed by atoms with Crippen molar-refractivity contribution in [1.29, 1.82) is 0 Å². The predicted octanol–water partition coefficient (Wildman–Crippen LogP) is -1.06. The number of carbonyl (C=O) groups excluding carboxylic acids is 6. The van der Waals surface area contributed by atoms with Gasteiger partial charge in [-0.05, 0) is 12.5 Å². The number of nitrogens with zero attached hydrogens (tertiary/aromatic N) is 2. The third kappa shape index (κ3) is 6.29. The first kappa shape index (κ1) is 26.0. The zero-order valence-corrected chi connectivity index (χ0v) is 20.2. The molecule has 188 valence electrons. The van der Waals surface area contributed by atoms with Crippen molar-refractivity contribution in [3.8, 4) is 0 Å². The molecule has 3 atom stereocenters. The second kappa shape index (κ2) is 11.7. The van der Waals surface area contributed by atoms with Crippen LogP contribution in [0.5, 0.6) is 0 Å². The number of amides is 7. The fraction of sp³-hybridized carbons (Fsp3) is 0.455. The van der Waals surface area contributed by atoms with Crippen LogP contribution in [0.3, 0.4) is 0 Å². The number of imide groups is 1. The normalized spacial score (nSPS) is 20.5. The fourth-order valence-electron chi connectivity index (χ4n) is 3.60. The number of carbonyl (C=O) groups is 6. The summed E-state index contributed by atoms with van der Waals surface area (Å²) in [5.41, 5.74) is 0.443. The number of benzene rings is 1. The van der Waals surface area contributed by atoms with E-state index in [1.54, 1.807) is 37.3 Å². The van der Waals surface area contributed by atoms with Gasteiger partial charge in [0.2, 0.25) is 17.7 Å². The highest BCUT2D eigenvalue weighted by Gasteiger charge is 2.42. The van der Waals surface area contributed by atoms with E-state index in [1.807, 2.05) is 0 Å². The summed E-state index contributed by atoms with van der Waals surface area (Å²) in [4.78, 5) is 75.8. The summed E-state index contributed by atoms with van der Waals surface area (Å²) in [5, 5.41) is 10.1. The van der Waals surface area contributed by atoms with Gasteiger partial charge in [-0.2, -0.15) is 0 Å². The van der Waals surface area contributed by atoms with Crippen LogP contribution in [0.1, 0.15) is 25.5 Å². The van der Waals surface area contributed by atoms with E-state index in [9.17, 15) is 28.8 Å². The third-order valence-electron chi connectivity index (χ3n) is 5.54. The molecule has 1 aromatic rings. The number of hydrogen-bond donors (Lipinski definition) is 4. The number of piperazine rings is 1. The Morgan fingerprint density at radius 1 is 1.11 bits per heavy atom. The lowest BCUT2D eigenvalue weighted by Gasteiger charge is -2.37. The van der Waals surface area contributed by atoms with Crippen molar-refractivity contribution in [3.05, 3.63) is 35.9 Å². The molecule has 2 heterocycles. The highest BCUT2D eigenvalue weighted by atomic mass is 32.2. The van der Waals surface area contributed by atoms with Gasteiger partial charge in [-0.25, -0.2) is 4.79 Å². The summed E-state index contributed by atoms with van der Waals surface area (Å²) in [6.45, 7) is 4.11. The minimum absolute atomic E-state index is 0.00538. The molecular weight excluding hydrogens is 476 g/mol. The summed E-state index contributed by atoms with van der Waals surface area (Å²) in [6.07, 6.45) is 0. The van der Waals surface area contributed by atoms with E-state index in [4.69, 9.17) is 0 Å². The van der Waals surface area contributed by atoms with Crippen LogP contribution in [0.15, 0.2) is 30.3 Å². The van der Waals surface area contributed by atoms with Crippen LogP contribution >= 0.6 is 11.8 Å². The van der Waals surface area contributed by atoms with Crippen molar-refractivity contribution >= 4 is 47.3 Å². The lowest BCUT2D eigenvalue weighted by Crippen LogP contribution is -2.68. The van der Waals surface area contributed by atoms with E-state index in [1.165, 1.54) is 23.6 Å². The number of hydrogen-bond acceptors (Lipinski definition) is 7. The van der Waals surface area contributed by atoms with E-state index >= 15 is 0 Å². The summed E-state index contributed by atoms with van der Waals surface area (Å²) in [6, 6.07) is 5.48. The topological polar surface area (TPSA) is 157 Å². The lowest BCUT2D eigenvalue weighted by molar-refractivity contribution is -0.153. The Morgan fingerprint density at radius 3 is 2.46 bits per heavy atom. The molecule has 1 aromatic carbocycles. The van der Waals surface area contributed by atoms with Gasteiger partial charge in [0.1, 0.15) is 17.5 Å². The Morgan fingerprint density at radius 2 is 1.83 bits per heavy atom. The minimum atomic E-state index is -1.20. The van der Waals surface area contributed by atoms with Gasteiger partial charge in [0.25, 0.3) is 0 Å². The molecule has 0 aliphatic carbocycles. The zero-order chi connectivity index (χ0) is 25.5. The van der Waals surface area contributed by atoms with Crippen molar-refractivity contribution < 1.29 is 28.8 Å². The van der Waals surface area contributed by atoms with Gasteiger partial charge in [0, 0.05) is 38.9 Å². The van der Waals surface area contributed by atoms with Gasteiger partial charge >= 0.3 is 17.8 Å². The molecule has 35 heavy (non-hydrogen) atoms. The molecule has 13 heteroatoms. The van der Waals surface area contributed by atoms with Crippen LogP contribution in [-0.2, 0) is 24.0 Å². The van der Waals surface area contributed by atoms with Crippen LogP contribution in [0.2, 0.25) is 0 Å². The van der Waals surface area contributed by atoms with Crippen LogP contribution in [-0.4, -0.2) is 88.7 Å². The molecule has 2 unspecified atom stereocenters. The predicted molar refractivity (Wildman–Crippen MR) is 127 cm³/mol. The molecule has 4 N–H and O–H groups in total. The fourth-order valence-corrected chi connectivity index (χ4v) is 4.66. The Kier molecular flexibility index (Phi) is 8.68. The largest absolute Gasteiger partial charge is 0.356 e. The molecule has 2 aliphatic heterocycles. The van der Waals surface area contributed by atoms with Crippen LogP contribution in [0.25, 0.3) is 0 Å².